The Labute approximate surface area is 169 Å². The quantitative estimate of drug-likeness (QED) is 0.426. The van der Waals surface area contributed by atoms with Crippen molar-refractivity contribution in [3.8, 4) is 5.75 Å². The minimum absolute atomic E-state index is 0.358. The zero-order valence-corrected chi connectivity index (χ0v) is 16.8. The second-order valence-electron chi connectivity index (χ2n) is 7.08. The maximum atomic E-state index is 11.6. The molecule has 1 aliphatic carbocycles. The SMILES string of the molecule is C=C(CCCC1CCCCC1)Oc1ccc(/C=C2\SC(=O)NC2=O)cc1Cl. The fourth-order valence-corrected chi connectivity index (χ4v) is 4.44. The van der Waals surface area contributed by atoms with Gasteiger partial charge < -0.3 is 4.74 Å². The molecule has 1 saturated carbocycles. The number of thioether (sulfide) groups is 1. The van der Waals surface area contributed by atoms with Gasteiger partial charge in [-0.2, -0.15) is 0 Å². The summed E-state index contributed by atoms with van der Waals surface area (Å²) in [6.07, 6.45) is 11.6. The van der Waals surface area contributed by atoms with Crippen LogP contribution in [0.4, 0.5) is 4.79 Å². The average Bonchev–Trinajstić information content (AvgIpc) is 2.95. The molecule has 6 heteroatoms. The second kappa shape index (κ2) is 9.47. The van der Waals surface area contributed by atoms with Crippen LogP contribution in [-0.2, 0) is 4.79 Å². The summed E-state index contributed by atoms with van der Waals surface area (Å²) in [5.74, 6) is 1.75. The normalized spacial score (nSPS) is 19.4. The summed E-state index contributed by atoms with van der Waals surface area (Å²) in [6, 6.07) is 5.29. The number of hydrogen-bond acceptors (Lipinski definition) is 4. The van der Waals surface area contributed by atoms with Crippen LogP contribution in [0.25, 0.3) is 6.08 Å². The number of nitrogens with one attached hydrogen (secondary N) is 1. The fourth-order valence-electron chi connectivity index (χ4n) is 3.53. The van der Waals surface area contributed by atoms with Gasteiger partial charge >= 0.3 is 0 Å². The average molecular weight is 406 g/mol. The van der Waals surface area contributed by atoms with Gasteiger partial charge in [-0.1, -0.05) is 62.8 Å². The maximum absolute atomic E-state index is 11.6. The molecule has 0 spiro atoms. The van der Waals surface area contributed by atoms with Crippen LogP contribution in [0.1, 0.15) is 56.9 Å². The molecule has 1 saturated heterocycles. The molecule has 0 bridgehead atoms. The van der Waals surface area contributed by atoms with Crippen molar-refractivity contribution in [2.24, 2.45) is 5.92 Å². The van der Waals surface area contributed by atoms with E-state index >= 15 is 0 Å². The van der Waals surface area contributed by atoms with Crippen molar-refractivity contribution < 1.29 is 14.3 Å². The standard InChI is InChI=1S/C21H24ClNO3S/c1-14(6-5-9-15-7-3-2-4-8-15)26-18-11-10-16(12-17(18)22)13-19-20(24)23-21(25)27-19/h10-13,15H,1-9H2,(H,23,24,25)/b19-13-. The van der Waals surface area contributed by atoms with Crippen LogP contribution in [0, 0.1) is 5.92 Å². The van der Waals surface area contributed by atoms with Gasteiger partial charge in [-0.05, 0) is 47.9 Å². The van der Waals surface area contributed by atoms with Crippen molar-refractivity contribution in [1.82, 2.24) is 5.32 Å². The molecule has 3 rings (SSSR count). The first-order valence-electron chi connectivity index (χ1n) is 9.41. The first kappa shape index (κ1) is 20.0. The molecule has 1 aromatic carbocycles. The molecule has 144 valence electrons. The number of ether oxygens (including phenoxy) is 1. The third-order valence-corrected chi connectivity index (χ3v) is 6.05. The number of rotatable bonds is 7. The number of benzene rings is 1. The summed E-state index contributed by atoms with van der Waals surface area (Å²) < 4.78 is 5.81. The van der Waals surface area contributed by atoms with Gasteiger partial charge in [0.15, 0.2) is 0 Å². The van der Waals surface area contributed by atoms with Gasteiger partial charge in [0.2, 0.25) is 0 Å². The first-order chi connectivity index (χ1) is 13.0. The highest BCUT2D eigenvalue weighted by atomic mass is 35.5. The van der Waals surface area contributed by atoms with Gasteiger partial charge in [0.05, 0.1) is 15.7 Å². The number of allylic oxidation sites excluding steroid dienone is 1. The van der Waals surface area contributed by atoms with Crippen LogP contribution in [0.2, 0.25) is 5.02 Å². The Bertz CT molecular complexity index is 769. The zero-order chi connectivity index (χ0) is 19.2. The second-order valence-corrected chi connectivity index (χ2v) is 8.50. The maximum Gasteiger partial charge on any atom is 0.290 e. The molecular weight excluding hydrogens is 382 g/mol. The lowest BCUT2D eigenvalue weighted by Gasteiger charge is -2.21. The van der Waals surface area contributed by atoms with Crippen molar-refractivity contribution in [1.29, 1.82) is 0 Å². The molecule has 2 amide bonds. The number of imide groups is 1. The van der Waals surface area contributed by atoms with E-state index in [0.717, 1.165) is 41.8 Å². The predicted octanol–water partition coefficient (Wildman–Crippen LogP) is 6.31. The largest absolute Gasteiger partial charge is 0.461 e. The highest BCUT2D eigenvalue weighted by Crippen LogP contribution is 2.32. The Morgan fingerprint density at radius 2 is 2.07 bits per heavy atom. The summed E-state index contributed by atoms with van der Waals surface area (Å²) in [5.41, 5.74) is 0.739. The number of carbonyl (C=O) groups is 2. The molecule has 1 aliphatic heterocycles. The third-order valence-electron chi connectivity index (χ3n) is 4.94. The molecule has 2 aliphatic rings. The lowest BCUT2D eigenvalue weighted by atomic mass is 9.86. The van der Waals surface area contributed by atoms with E-state index in [1.54, 1.807) is 24.3 Å². The van der Waals surface area contributed by atoms with Gasteiger partial charge in [0.1, 0.15) is 5.75 Å². The number of carbonyl (C=O) groups excluding carboxylic acids is 2. The van der Waals surface area contributed by atoms with E-state index in [2.05, 4.69) is 11.9 Å². The monoisotopic (exact) mass is 405 g/mol. The molecule has 1 heterocycles. The zero-order valence-electron chi connectivity index (χ0n) is 15.3. The van der Waals surface area contributed by atoms with Gasteiger partial charge in [0.25, 0.3) is 11.1 Å². The van der Waals surface area contributed by atoms with E-state index in [1.165, 1.54) is 38.5 Å². The summed E-state index contributed by atoms with van der Waals surface area (Å²) in [5, 5.41) is 2.32. The minimum atomic E-state index is -0.382. The Kier molecular flexibility index (Phi) is 7.02. The minimum Gasteiger partial charge on any atom is -0.461 e. The lowest BCUT2D eigenvalue weighted by molar-refractivity contribution is -0.115. The molecular formula is C21H24ClNO3S. The van der Waals surface area contributed by atoms with Crippen LogP contribution < -0.4 is 10.1 Å². The molecule has 0 aromatic heterocycles. The van der Waals surface area contributed by atoms with Crippen LogP contribution in [0.5, 0.6) is 5.75 Å². The lowest BCUT2D eigenvalue weighted by Crippen LogP contribution is -2.17. The van der Waals surface area contributed by atoms with E-state index in [1.807, 2.05) is 0 Å². The highest BCUT2D eigenvalue weighted by molar-refractivity contribution is 8.18. The van der Waals surface area contributed by atoms with Crippen LogP contribution in [-0.4, -0.2) is 11.1 Å². The molecule has 0 atom stereocenters. The van der Waals surface area contributed by atoms with E-state index in [4.69, 9.17) is 16.3 Å². The van der Waals surface area contributed by atoms with Crippen LogP contribution in [0.3, 0.4) is 0 Å². The molecule has 4 nitrogen and oxygen atoms in total. The van der Waals surface area contributed by atoms with Crippen molar-refractivity contribution >= 4 is 40.6 Å². The Balaban J connectivity index is 1.51. The van der Waals surface area contributed by atoms with E-state index in [9.17, 15) is 9.59 Å². The first-order valence-corrected chi connectivity index (χ1v) is 10.6. The van der Waals surface area contributed by atoms with Crippen molar-refractivity contribution in [3.05, 3.63) is 46.0 Å². The summed E-state index contributed by atoms with van der Waals surface area (Å²) in [6.45, 7) is 4.01. The van der Waals surface area contributed by atoms with Gasteiger partial charge in [0, 0.05) is 6.42 Å². The van der Waals surface area contributed by atoms with Crippen molar-refractivity contribution in [2.75, 3.05) is 0 Å². The van der Waals surface area contributed by atoms with E-state index in [-0.39, 0.29) is 11.1 Å². The fraction of sp³-hybridized carbons (Fsp3) is 0.429. The summed E-state index contributed by atoms with van der Waals surface area (Å²) in [4.78, 5) is 23.2. The summed E-state index contributed by atoms with van der Waals surface area (Å²) in [7, 11) is 0. The Morgan fingerprint density at radius 1 is 1.30 bits per heavy atom. The highest BCUT2D eigenvalue weighted by Gasteiger charge is 2.25. The molecule has 2 fully saturated rings. The van der Waals surface area contributed by atoms with E-state index in [0.29, 0.717) is 15.7 Å². The van der Waals surface area contributed by atoms with Crippen LogP contribution >= 0.6 is 23.4 Å². The molecule has 0 unspecified atom stereocenters. The smallest absolute Gasteiger partial charge is 0.290 e. The Hall–Kier alpha value is -1.72. The van der Waals surface area contributed by atoms with Crippen molar-refractivity contribution in [3.63, 3.8) is 0 Å². The summed E-state index contributed by atoms with van der Waals surface area (Å²) >= 11 is 7.19. The topological polar surface area (TPSA) is 55.4 Å². The van der Waals surface area contributed by atoms with Crippen molar-refractivity contribution in [2.45, 2.75) is 51.4 Å². The van der Waals surface area contributed by atoms with Gasteiger partial charge in [-0.25, -0.2) is 0 Å². The third kappa shape index (κ3) is 5.88. The van der Waals surface area contributed by atoms with Crippen LogP contribution in [0.15, 0.2) is 35.4 Å². The number of halogens is 1. The predicted molar refractivity (Wildman–Crippen MR) is 111 cm³/mol. The van der Waals surface area contributed by atoms with Gasteiger partial charge in [-0.3, -0.25) is 14.9 Å². The van der Waals surface area contributed by atoms with E-state index < -0.39 is 0 Å². The number of hydrogen-bond donors (Lipinski definition) is 1. The molecule has 1 N–H and O–H groups in total. The molecule has 27 heavy (non-hydrogen) atoms. The molecule has 0 radical (unpaired) electrons. The van der Waals surface area contributed by atoms with Gasteiger partial charge in [-0.15, -0.1) is 0 Å². The molecule has 1 aromatic rings. The number of amides is 2. The Morgan fingerprint density at radius 3 is 2.74 bits per heavy atom.